The van der Waals surface area contributed by atoms with Crippen LogP contribution in [-0.4, -0.2) is 51.3 Å². The summed E-state index contributed by atoms with van der Waals surface area (Å²) >= 11 is 0. The second-order valence-electron chi connectivity index (χ2n) is 7.99. The third-order valence-corrected chi connectivity index (χ3v) is 5.04. The van der Waals surface area contributed by atoms with Crippen molar-refractivity contribution in [2.75, 3.05) is 40.4 Å². The van der Waals surface area contributed by atoms with Crippen LogP contribution in [0.5, 0.6) is 0 Å². The van der Waals surface area contributed by atoms with Crippen molar-refractivity contribution in [2.24, 2.45) is 16.3 Å². The first-order valence-electron chi connectivity index (χ1n) is 9.53. The molecule has 0 atom stereocenters. The largest absolute Gasteiger partial charge is 0.381 e. The summed E-state index contributed by atoms with van der Waals surface area (Å²) in [5.74, 6) is 1.79. The highest BCUT2D eigenvalue weighted by Gasteiger charge is 2.20. The van der Waals surface area contributed by atoms with Gasteiger partial charge in [0.2, 0.25) is 0 Å². The van der Waals surface area contributed by atoms with E-state index in [0.29, 0.717) is 0 Å². The number of benzene rings is 1. The van der Waals surface area contributed by atoms with Crippen LogP contribution in [0.1, 0.15) is 38.7 Å². The Kier molecular flexibility index (Phi) is 7.76. The Morgan fingerprint density at radius 3 is 2.56 bits per heavy atom. The number of guanidine groups is 1. The molecule has 0 spiro atoms. The first-order chi connectivity index (χ1) is 12.0. The SMILES string of the molecule is CN=C(NCC(C)(C)Cc1ccccc1)N(C)CCC1CCOCC1. The normalized spacial score (nSPS) is 16.7. The van der Waals surface area contributed by atoms with Gasteiger partial charge in [-0.25, -0.2) is 0 Å². The van der Waals surface area contributed by atoms with E-state index < -0.39 is 0 Å². The van der Waals surface area contributed by atoms with Gasteiger partial charge in [0.15, 0.2) is 5.96 Å². The molecule has 1 aromatic carbocycles. The van der Waals surface area contributed by atoms with Gasteiger partial charge in [-0.15, -0.1) is 0 Å². The molecule has 2 rings (SSSR count). The molecule has 1 saturated heterocycles. The van der Waals surface area contributed by atoms with Crippen molar-refractivity contribution in [1.82, 2.24) is 10.2 Å². The minimum atomic E-state index is 0.179. The van der Waals surface area contributed by atoms with Crippen LogP contribution in [0.3, 0.4) is 0 Å². The van der Waals surface area contributed by atoms with Crippen molar-refractivity contribution in [3.8, 4) is 0 Å². The number of nitrogens with zero attached hydrogens (tertiary/aromatic N) is 2. The third-order valence-electron chi connectivity index (χ3n) is 5.04. The van der Waals surface area contributed by atoms with E-state index in [2.05, 4.69) is 66.4 Å². The molecule has 4 nitrogen and oxygen atoms in total. The zero-order valence-corrected chi connectivity index (χ0v) is 16.4. The maximum absolute atomic E-state index is 5.45. The summed E-state index contributed by atoms with van der Waals surface area (Å²) in [4.78, 5) is 6.73. The summed E-state index contributed by atoms with van der Waals surface area (Å²) in [6.45, 7) is 8.42. The van der Waals surface area contributed by atoms with Crippen LogP contribution in [0.4, 0.5) is 0 Å². The van der Waals surface area contributed by atoms with Crippen molar-refractivity contribution >= 4 is 5.96 Å². The standard InChI is InChI=1S/C21H35N3O/c1-21(2,16-19-8-6-5-7-9-19)17-23-20(22-3)24(4)13-10-18-11-14-25-15-12-18/h5-9,18H,10-17H2,1-4H3,(H,22,23). The Bertz CT molecular complexity index is 521. The summed E-state index contributed by atoms with van der Waals surface area (Å²) in [5.41, 5.74) is 1.57. The van der Waals surface area contributed by atoms with Crippen LogP contribution in [0.2, 0.25) is 0 Å². The molecule has 1 heterocycles. The molecule has 140 valence electrons. The van der Waals surface area contributed by atoms with E-state index in [9.17, 15) is 0 Å². The van der Waals surface area contributed by atoms with E-state index in [1.54, 1.807) is 0 Å². The topological polar surface area (TPSA) is 36.9 Å². The zero-order chi connectivity index (χ0) is 18.1. The van der Waals surface area contributed by atoms with Gasteiger partial charge in [0.25, 0.3) is 0 Å². The lowest BCUT2D eigenvalue weighted by atomic mass is 9.86. The van der Waals surface area contributed by atoms with Crippen molar-refractivity contribution in [1.29, 1.82) is 0 Å². The van der Waals surface area contributed by atoms with Gasteiger partial charge in [0.1, 0.15) is 0 Å². The van der Waals surface area contributed by atoms with E-state index in [4.69, 9.17) is 4.74 Å². The molecule has 1 aliphatic heterocycles. The fourth-order valence-electron chi connectivity index (χ4n) is 3.43. The van der Waals surface area contributed by atoms with Crippen LogP contribution in [-0.2, 0) is 11.2 Å². The molecule has 0 amide bonds. The van der Waals surface area contributed by atoms with E-state index in [1.807, 2.05) is 7.05 Å². The molecule has 0 aliphatic carbocycles. The van der Waals surface area contributed by atoms with Crippen LogP contribution < -0.4 is 5.32 Å². The second kappa shape index (κ2) is 9.81. The lowest BCUT2D eigenvalue weighted by Gasteiger charge is -2.30. The highest BCUT2D eigenvalue weighted by Crippen LogP contribution is 2.21. The predicted octanol–water partition coefficient (Wildman–Crippen LogP) is 3.58. The van der Waals surface area contributed by atoms with E-state index in [0.717, 1.165) is 44.6 Å². The highest BCUT2D eigenvalue weighted by molar-refractivity contribution is 5.79. The molecule has 0 bridgehead atoms. The molecule has 1 aromatic rings. The summed E-state index contributed by atoms with van der Waals surface area (Å²) in [6.07, 6.45) is 4.67. The maximum Gasteiger partial charge on any atom is 0.193 e. The number of rotatable bonds is 7. The summed E-state index contributed by atoms with van der Waals surface area (Å²) in [5, 5.41) is 3.57. The van der Waals surface area contributed by atoms with Crippen LogP contribution in [0.25, 0.3) is 0 Å². The molecule has 25 heavy (non-hydrogen) atoms. The fourth-order valence-corrected chi connectivity index (χ4v) is 3.43. The minimum absolute atomic E-state index is 0.179. The summed E-state index contributed by atoms with van der Waals surface area (Å²) in [6, 6.07) is 10.7. The molecule has 1 aliphatic rings. The van der Waals surface area contributed by atoms with E-state index in [-0.39, 0.29) is 5.41 Å². The van der Waals surface area contributed by atoms with Crippen molar-refractivity contribution in [2.45, 2.75) is 39.5 Å². The molecule has 1 N–H and O–H groups in total. The van der Waals surface area contributed by atoms with E-state index in [1.165, 1.54) is 24.8 Å². The molecule has 0 unspecified atom stereocenters. The molecular weight excluding hydrogens is 310 g/mol. The van der Waals surface area contributed by atoms with Gasteiger partial charge in [-0.3, -0.25) is 4.99 Å². The zero-order valence-electron chi connectivity index (χ0n) is 16.4. The smallest absolute Gasteiger partial charge is 0.193 e. The van der Waals surface area contributed by atoms with Crippen molar-refractivity contribution in [3.05, 3.63) is 35.9 Å². The number of hydrogen-bond acceptors (Lipinski definition) is 2. The van der Waals surface area contributed by atoms with Gasteiger partial charge in [-0.1, -0.05) is 44.2 Å². The molecular formula is C21H35N3O. The quantitative estimate of drug-likeness (QED) is 0.606. The van der Waals surface area contributed by atoms with Crippen LogP contribution in [0, 0.1) is 11.3 Å². The lowest BCUT2D eigenvalue weighted by Crippen LogP contribution is -2.44. The number of nitrogens with one attached hydrogen (secondary N) is 1. The first-order valence-corrected chi connectivity index (χ1v) is 9.53. The van der Waals surface area contributed by atoms with Gasteiger partial charge < -0.3 is 15.0 Å². The van der Waals surface area contributed by atoms with Crippen LogP contribution >= 0.6 is 0 Å². The van der Waals surface area contributed by atoms with E-state index >= 15 is 0 Å². The van der Waals surface area contributed by atoms with Gasteiger partial charge in [0.05, 0.1) is 0 Å². The number of hydrogen-bond donors (Lipinski definition) is 1. The second-order valence-corrected chi connectivity index (χ2v) is 7.99. The Hall–Kier alpha value is -1.55. The van der Waals surface area contributed by atoms with Gasteiger partial charge in [-0.2, -0.15) is 0 Å². The molecule has 0 aromatic heterocycles. The first kappa shape index (κ1) is 19.8. The molecule has 0 saturated carbocycles. The van der Waals surface area contributed by atoms with Crippen molar-refractivity contribution < 1.29 is 4.74 Å². The molecule has 1 fully saturated rings. The van der Waals surface area contributed by atoms with Crippen molar-refractivity contribution in [3.63, 3.8) is 0 Å². The molecule has 0 radical (unpaired) electrons. The lowest BCUT2D eigenvalue weighted by molar-refractivity contribution is 0.0625. The van der Waals surface area contributed by atoms with Gasteiger partial charge >= 0.3 is 0 Å². The number of ether oxygens (including phenoxy) is 1. The molecule has 4 heteroatoms. The minimum Gasteiger partial charge on any atom is -0.381 e. The third kappa shape index (κ3) is 7.07. The summed E-state index contributed by atoms with van der Waals surface area (Å²) in [7, 11) is 4.01. The Morgan fingerprint density at radius 1 is 1.24 bits per heavy atom. The Labute approximate surface area is 153 Å². The van der Waals surface area contributed by atoms with Gasteiger partial charge in [0, 0.05) is 40.4 Å². The predicted molar refractivity (Wildman–Crippen MR) is 106 cm³/mol. The monoisotopic (exact) mass is 345 g/mol. The van der Waals surface area contributed by atoms with Gasteiger partial charge in [-0.05, 0) is 42.6 Å². The Balaban J connectivity index is 1.77. The maximum atomic E-state index is 5.45. The number of aliphatic imine (C=N–C) groups is 1. The van der Waals surface area contributed by atoms with Crippen LogP contribution in [0.15, 0.2) is 35.3 Å². The average molecular weight is 346 g/mol. The summed E-state index contributed by atoms with van der Waals surface area (Å²) < 4.78 is 5.45. The average Bonchev–Trinajstić information content (AvgIpc) is 2.61. The fraction of sp³-hybridized carbons (Fsp3) is 0.667. The highest BCUT2D eigenvalue weighted by atomic mass is 16.5. The Morgan fingerprint density at radius 2 is 1.92 bits per heavy atom.